The summed E-state index contributed by atoms with van der Waals surface area (Å²) in [5.41, 5.74) is 3.05. The topological polar surface area (TPSA) is 27.7 Å². The highest BCUT2D eigenvalue weighted by Crippen LogP contribution is 2.63. The molecule has 110 valence electrons. The van der Waals surface area contributed by atoms with Crippen LogP contribution in [-0.2, 0) is 14.2 Å². The zero-order valence-corrected chi connectivity index (χ0v) is 14.5. The van der Waals surface area contributed by atoms with Crippen molar-refractivity contribution in [1.82, 2.24) is 0 Å². The molecule has 8 unspecified atom stereocenters. The van der Waals surface area contributed by atoms with Crippen LogP contribution in [0.5, 0.6) is 0 Å². The first-order valence-electron chi connectivity index (χ1n) is 7.36. The summed E-state index contributed by atoms with van der Waals surface area (Å²) in [6, 6.07) is 0. The third-order valence-corrected chi connectivity index (χ3v) is 6.56. The molecule has 0 aromatic rings. The van der Waals surface area contributed by atoms with Gasteiger partial charge in [0.15, 0.2) is 5.79 Å². The number of fused-ring (bicyclic) bond motifs is 3. The lowest BCUT2D eigenvalue weighted by atomic mass is 9.74. The maximum Gasteiger partial charge on any atom is 0.187 e. The Morgan fingerprint density at radius 2 is 2.10 bits per heavy atom. The van der Waals surface area contributed by atoms with Crippen molar-refractivity contribution < 1.29 is 14.2 Å². The van der Waals surface area contributed by atoms with E-state index in [4.69, 9.17) is 14.2 Å². The van der Waals surface area contributed by atoms with Gasteiger partial charge in [0.1, 0.15) is 0 Å². The molecule has 20 heavy (non-hydrogen) atoms. The lowest BCUT2D eigenvalue weighted by molar-refractivity contribution is -0.198. The summed E-state index contributed by atoms with van der Waals surface area (Å²) < 4.78 is 18.9. The van der Waals surface area contributed by atoms with E-state index in [0.717, 1.165) is 19.3 Å². The van der Waals surface area contributed by atoms with Crippen LogP contribution in [0, 0.1) is 11.8 Å². The molecule has 0 saturated carbocycles. The minimum Gasteiger partial charge on any atom is -0.367 e. The minimum atomic E-state index is -0.430. The molecular formula is C15H18Br2O3. The summed E-state index contributed by atoms with van der Waals surface area (Å²) in [6.07, 6.45) is 5.84. The number of hydrogen-bond acceptors (Lipinski definition) is 3. The van der Waals surface area contributed by atoms with E-state index < -0.39 is 5.79 Å². The summed E-state index contributed by atoms with van der Waals surface area (Å²) in [5, 5.41) is 0. The van der Waals surface area contributed by atoms with Gasteiger partial charge < -0.3 is 14.2 Å². The van der Waals surface area contributed by atoms with Crippen LogP contribution in [0.15, 0.2) is 16.8 Å². The monoisotopic (exact) mass is 404 g/mol. The van der Waals surface area contributed by atoms with Gasteiger partial charge in [-0.2, -0.15) is 0 Å². The van der Waals surface area contributed by atoms with Gasteiger partial charge in [-0.05, 0) is 18.4 Å². The molecule has 4 fully saturated rings. The van der Waals surface area contributed by atoms with Gasteiger partial charge in [-0.25, -0.2) is 0 Å². The normalized spacial score (nSPS) is 55.5. The molecular weight excluding hydrogens is 388 g/mol. The van der Waals surface area contributed by atoms with Crippen molar-refractivity contribution in [3.8, 4) is 0 Å². The molecule has 4 heterocycles. The Morgan fingerprint density at radius 1 is 1.30 bits per heavy atom. The molecule has 4 rings (SSSR count). The van der Waals surface area contributed by atoms with Crippen molar-refractivity contribution >= 4 is 31.9 Å². The predicted octanol–water partition coefficient (Wildman–Crippen LogP) is 3.51. The molecule has 4 aliphatic rings. The van der Waals surface area contributed by atoms with Gasteiger partial charge in [-0.15, -0.1) is 5.73 Å². The molecule has 0 aliphatic carbocycles. The molecule has 5 heteroatoms. The Kier molecular flexibility index (Phi) is 3.45. The fourth-order valence-electron chi connectivity index (χ4n) is 4.60. The lowest BCUT2D eigenvalue weighted by Gasteiger charge is -2.35. The Morgan fingerprint density at radius 3 is 2.85 bits per heavy atom. The van der Waals surface area contributed by atoms with Crippen LogP contribution >= 0.6 is 31.9 Å². The summed E-state index contributed by atoms with van der Waals surface area (Å²) in [7, 11) is 0. The number of hydrogen-bond donors (Lipinski definition) is 0. The van der Waals surface area contributed by atoms with E-state index in [1.165, 1.54) is 0 Å². The zero-order chi connectivity index (χ0) is 13.9. The third kappa shape index (κ3) is 1.74. The van der Waals surface area contributed by atoms with Gasteiger partial charge in [0.05, 0.1) is 29.2 Å². The molecule has 0 N–H and O–H groups in total. The van der Waals surface area contributed by atoms with Crippen LogP contribution < -0.4 is 0 Å². The average molecular weight is 406 g/mol. The van der Waals surface area contributed by atoms with E-state index in [1.54, 1.807) is 4.99 Å². The molecule has 4 aliphatic heterocycles. The lowest BCUT2D eigenvalue weighted by Crippen LogP contribution is -2.46. The van der Waals surface area contributed by atoms with E-state index in [-0.39, 0.29) is 18.3 Å². The van der Waals surface area contributed by atoms with Crippen molar-refractivity contribution in [3.05, 3.63) is 16.8 Å². The van der Waals surface area contributed by atoms with Gasteiger partial charge >= 0.3 is 0 Å². The fraction of sp³-hybridized carbons (Fsp3) is 0.800. The maximum absolute atomic E-state index is 6.38. The predicted molar refractivity (Wildman–Crippen MR) is 81.9 cm³/mol. The molecule has 0 amide bonds. The molecule has 8 atom stereocenters. The molecule has 1 spiro atoms. The van der Waals surface area contributed by atoms with Crippen molar-refractivity contribution in [2.45, 2.75) is 61.2 Å². The fourth-order valence-corrected chi connectivity index (χ4v) is 5.64. The molecule has 2 bridgehead atoms. The van der Waals surface area contributed by atoms with Crippen molar-refractivity contribution in [3.63, 3.8) is 0 Å². The first kappa shape index (κ1) is 14.0. The number of rotatable bonds is 2. The zero-order valence-electron chi connectivity index (χ0n) is 11.3. The summed E-state index contributed by atoms with van der Waals surface area (Å²) in [4.78, 5) is 2.04. The van der Waals surface area contributed by atoms with Gasteiger partial charge in [-0.3, -0.25) is 0 Å². The van der Waals surface area contributed by atoms with Crippen molar-refractivity contribution in [1.29, 1.82) is 0 Å². The summed E-state index contributed by atoms with van der Waals surface area (Å²) in [6.45, 7) is 2.25. The summed E-state index contributed by atoms with van der Waals surface area (Å²) >= 11 is 7.02. The number of halogens is 2. The minimum absolute atomic E-state index is 0.113. The van der Waals surface area contributed by atoms with E-state index in [9.17, 15) is 0 Å². The van der Waals surface area contributed by atoms with Crippen LogP contribution in [0.2, 0.25) is 0 Å². The molecule has 3 nitrogen and oxygen atoms in total. The van der Waals surface area contributed by atoms with Crippen LogP contribution in [0.1, 0.15) is 26.2 Å². The first-order chi connectivity index (χ1) is 9.69. The molecule has 0 aromatic carbocycles. The van der Waals surface area contributed by atoms with Crippen LogP contribution in [0.25, 0.3) is 0 Å². The average Bonchev–Trinajstić information content (AvgIpc) is 3.09. The Bertz CT molecular complexity index is 476. The highest BCUT2D eigenvalue weighted by Gasteiger charge is 2.73. The Labute approximate surface area is 136 Å². The quantitative estimate of drug-likeness (QED) is 0.519. The standard InChI is InChI=1S/C15H18Br2O3/c1-2-9-10-7-12(17)15(19-10)13(9)14-11(20-15)6-8(18-14)4-3-5-16/h4-5,8-14H,2,6-7H2,1H3. The van der Waals surface area contributed by atoms with E-state index in [0.29, 0.717) is 22.8 Å². The van der Waals surface area contributed by atoms with Crippen LogP contribution in [0.3, 0.4) is 0 Å². The van der Waals surface area contributed by atoms with Gasteiger partial charge in [0.25, 0.3) is 0 Å². The third-order valence-electron chi connectivity index (χ3n) is 5.28. The molecule has 0 aromatic heterocycles. The number of ether oxygens (including phenoxy) is 3. The summed E-state index contributed by atoms with van der Waals surface area (Å²) in [5.74, 6) is 0.501. The van der Waals surface area contributed by atoms with Crippen molar-refractivity contribution in [2.75, 3.05) is 0 Å². The second-order valence-corrected chi connectivity index (χ2v) is 7.72. The molecule has 0 radical (unpaired) electrons. The highest BCUT2D eigenvalue weighted by molar-refractivity contribution is 9.11. The SMILES string of the molecule is CCC1C2CC(Br)C3(O2)OC2CC(C=C=CBr)OC2C13. The van der Waals surface area contributed by atoms with Gasteiger partial charge in [0.2, 0.25) is 0 Å². The number of alkyl halides is 1. The second-order valence-electron chi connectivity index (χ2n) is 6.15. The maximum atomic E-state index is 6.38. The van der Waals surface area contributed by atoms with Crippen molar-refractivity contribution in [2.24, 2.45) is 11.8 Å². The Hall–Kier alpha value is 0.360. The van der Waals surface area contributed by atoms with Gasteiger partial charge in [-0.1, -0.05) is 45.2 Å². The Balaban J connectivity index is 1.62. The second kappa shape index (κ2) is 4.94. The molecule has 4 saturated heterocycles. The van der Waals surface area contributed by atoms with E-state index in [2.05, 4.69) is 44.5 Å². The van der Waals surface area contributed by atoms with Gasteiger partial charge in [0, 0.05) is 17.3 Å². The highest BCUT2D eigenvalue weighted by atomic mass is 79.9. The largest absolute Gasteiger partial charge is 0.367 e. The van der Waals surface area contributed by atoms with E-state index in [1.807, 2.05) is 6.08 Å². The van der Waals surface area contributed by atoms with Crippen LogP contribution in [0.4, 0.5) is 0 Å². The first-order valence-corrected chi connectivity index (χ1v) is 9.19. The van der Waals surface area contributed by atoms with Crippen LogP contribution in [-0.4, -0.2) is 35.0 Å². The smallest absolute Gasteiger partial charge is 0.187 e. The van der Waals surface area contributed by atoms with E-state index >= 15 is 0 Å².